The number of aromatic nitrogens is 1. The van der Waals surface area contributed by atoms with Crippen molar-refractivity contribution in [1.82, 2.24) is 9.29 Å². The normalized spacial score (nSPS) is 20.1. The van der Waals surface area contributed by atoms with E-state index >= 15 is 0 Å². The average Bonchev–Trinajstić information content (AvgIpc) is 2.48. The molecule has 0 radical (unpaired) electrons. The van der Waals surface area contributed by atoms with Gasteiger partial charge >= 0.3 is 5.97 Å². The minimum Gasteiger partial charge on any atom is -0.465 e. The summed E-state index contributed by atoms with van der Waals surface area (Å²) in [5, 5.41) is 0. The van der Waals surface area contributed by atoms with Gasteiger partial charge in [0.15, 0.2) is 0 Å². The molecule has 0 saturated carbocycles. The second-order valence-corrected chi connectivity index (χ2v) is 7.39. The molecule has 1 N–H and O–H groups in total. The van der Waals surface area contributed by atoms with Crippen LogP contribution in [0.5, 0.6) is 0 Å². The van der Waals surface area contributed by atoms with E-state index in [9.17, 15) is 18.0 Å². The predicted octanol–water partition coefficient (Wildman–Crippen LogP) is 0.0441. The fraction of sp³-hybridized carbons (Fsp3) is 0.500. The molecule has 0 aliphatic carbocycles. The number of nitrogens with one attached hydrogen (secondary N) is 1. The highest BCUT2D eigenvalue weighted by Gasteiger charge is 2.38. The molecular formula is C12H16N2O5S2. The lowest BCUT2D eigenvalue weighted by Gasteiger charge is -2.32. The lowest BCUT2D eigenvalue weighted by molar-refractivity contribution is -0.146. The fourth-order valence-corrected chi connectivity index (χ4v) is 4.78. The Labute approximate surface area is 126 Å². The van der Waals surface area contributed by atoms with Crippen LogP contribution in [0.25, 0.3) is 0 Å². The molecule has 1 fully saturated rings. The van der Waals surface area contributed by atoms with Crippen molar-refractivity contribution in [3.05, 3.63) is 28.7 Å². The zero-order valence-electron chi connectivity index (χ0n) is 11.4. The molecule has 2 heterocycles. The minimum atomic E-state index is -3.84. The maximum atomic E-state index is 12.6. The highest BCUT2D eigenvalue weighted by molar-refractivity contribution is 7.99. The molecule has 1 aliphatic rings. The predicted molar refractivity (Wildman–Crippen MR) is 78.7 cm³/mol. The first-order valence-electron chi connectivity index (χ1n) is 6.41. The van der Waals surface area contributed by atoms with Gasteiger partial charge in [0.05, 0.1) is 11.5 Å². The van der Waals surface area contributed by atoms with Crippen LogP contribution in [0.2, 0.25) is 0 Å². The largest absolute Gasteiger partial charge is 0.465 e. The van der Waals surface area contributed by atoms with Crippen molar-refractivity contribution in [2.75, 3.05) is 24.7 Å². The van der Waals surface area contributed by atoms with Gasteiger partial charge in [0.25, 0.3) is 0 Å². The molecule has 0 amide bonds. The highest BCUT2D eigenvalue weighted by Crippen LogP contribution is 2.24. The molecule has 9 heteroatoms. The molecule has 1 aromatic rings. The Kier molecular flexibility index (Phi) is 5.07. The van der Waals surface area contributed by atoms with Crippen LogP contribution < -0.4 is 5.56 Å². The Morgan fingerprint density at radius 3 is 2.90 bits per heavy atom. The van der Waals surface area contributed by atoms with Crippen LogP contribution in [-0.4, -0.2) is 54.4 Å². The van der Waals surface area contributed by atoms with Crippen LogP contribution in [0.15, 0.2) is 28.0 Å². The monoisotopic (exact) mass is 332 g/mol. The van der Waals surface area contributed by atoms with Crippen LogP contribution in [0.1, 0.15) is 6.92 Å². The number of nitrogens with zero attached hydrogens (tertiary/aromatic N) is 1. The van der Waals surface area contributed by atoms with E-state index < -0.39 is 22.0 Å². The Hall–Kier alpha value is -1.32. The van der Waals surface area contributed by atoms with Gasteiger partial charge in [0.2, 0.25) is 15.6 Å². The Balaban J connectivity index is 2.33. The molecule has 1 unspecified atom stereocenters. The zero-order valence-corrected chi connectivity index (χ0v) is 13.1. The van der Waals surface area contributed by atoms with E-state index in [2.05, 4.69) is 4.98 Å². The summed E-state index contributed by atoms with van der Waals surface area (Å²) in [7, 11) is -3.84. The third-order valence-electron chi connectivity index (χ3n) is 3.00. The van der Waals surface area contributed by atoms with Gasteiger partial charge in [-0.25, -0.2) is 8.42 Å². The van der Waals surface area contributed by atoms with Gasteiger partial charge < -0.3 is 9.72 Å². The van der Waals surface area contributed by atoms with Crippen LogP contribution in [0, 0.1) is 0 Å². The van der Waals surface area contributed by atoms with Gasteiger partial charge in [-0.1, -0.05) is 0 Å². The van der Waals surface area contributed by atoms with Gasteiger partial charge in [0, 0.05) is 30.3 Å². The van der Waals surface area contributed by atoms with E-state index in [1.807, 2.05) is 0 Å². The molecule has 1 atom stereocenters. The number of rotatable bonds is 4. The average molecular weight is 332 g/mol. The molecule has 116 valence electrons. The topological polar surface area (TPSA) is 96.5 Å². The molecule has 2 rings (SSSR count). The summed E-state index contributed by atoms with van der Waals surface area (Å²) in [4.78, 5) is 25.3. The van der Waals surface area contributed by atoms with E-state index in [1.165, 1.54) is 17.8 Å². The maximum Gasteiger partial charge on any atom is 0.325 e. The van der Waals surface area contributed by atoms with E-state index in [0.717, 1.165) is 16.6 Å². The molecule has 0 spiro atoms. The van der Waals surface area contributed by atoms with Gasteiger partial charge in [-0.05, 0) is 13.0 Å². The molecule has 1 saturated heterocycles. The number of ether oxygens (including phenoxy) is 1. The summed E-state index contributed by atoms with van der Waals surface area (Å²) < 4.78 is 31.3. The lowest BCUT2D eigenvalue weighted by atomic mass is 10.3. The summed E-state index contributed by atoms with van der Waals surface area (Å²) in [5.41, 5.74) is -0.384. The second kappa shape index (κ2) is 6.63. The number of thioether (sulfide) groups is 1. The SMILES string of the molecule is CCOC(=O)C1CSCCN1S(=O)(=O)c1ccc(=O)[nH]c1. The number of carbonyl (C=O) groups is 1. The maximum absolute atomic E-state index is 12.6. The smallest absolute Gasteiger partial charge is 0.325 e. The van der Waals surface area contributed by atoms with Gasteiger partial charge in [-0.15, -0.1) is 0 Å². The van der Waals surface area contributed by atoms with Crippen molar-refractivity contribution in [3.63, 3.8) is 0 Å². The summed E-state index contributed by atoms with van der Waals surface area (Å²) in [5.74, 6) is 0.428. The summed E-state index contributed by atoms with van der Waals surface area (Å²) in [6, 6.07) is 1.55. The van der Waals surface area contributed by atoms with E-state index in [0.29, 0.717) is 11.5 Å². The molecule has 7 nitrogen and oxygen atoms in total. The highest BCUT2D eigenvalue weighted by atomic mass is 32.2. The number of hydrogen-bond donors (Lipinski definition) is 1. The van der Waals surface area contributed by atoms with Crippen LogP contribution >= 0.6 is 11.8 Å². The van der Waals surface area contributed by atoms with Crippen molar-refractivity contribution in [3.8, 4) is 0 Å². The number of H-pyrrole nitrogens is 1. The summed E-state index contributed by atoms with van der Waals surface area (Å²) in [6.45, 7) is 2.11. The lowest BCUT2D eigenvalue weighted by Crippen LogP contribution is -2.50. The van der Waals surface area contributed by atoms with Crippen LogP contribution in [-0.2, 0) is 19.6 Å². The molecular weight excluding hydrogens is 316 g/mol. The second-order valence-electron chi connectivity index (χ2n) is 4.35. The Bertz CT molecular complexity index is 650. The van der Waals surface area contributed by atoms with Crippen molar-refractivity contribution >= 4 is 27.8 Å². The molecule has 21 heavy (non-hydrogen) atoms. The van der Waals surface area contributed by atoms with E-state index in [-0.39, 0.29) is 23.6 Å². The minimum absolute atomic E-state index is 0.0386. The van der Waals surface area contributed by atoms with Gasteiger partial charge in [0.1, 0.15) is 6.04 Å². The number of aromatic amines is 1. The summed E-state index contributed by atoms with van der Waals surface area (Å²) in [6.07, 6.45) is 1.14. The number of sulfonamides is 1. The fourth-order valence-electron chi connectivity index (χ4n) is 1.99. The van der Waals surface area contributed by atoms with Crippen molar-refractivity contribution in [2.45, 2.75) is 17.9 Å². The summed E-state index contributed by atoms with van der Waals surface area (Å²) >= 11 is 1.51. The van der Waals surface area contributed by atoms with E-state index in [1.54, 1.807) is 6.92 Å². The standard InChI is InChI=1S/C12H16N2O5S2/c1-2-19-12(16)10-8-20-6-5-14(10)21(17,18)9-3-4-11(15)13-7-9/h3-4,7,10H,2,5-6,8H2,1H3,(H,13,15). The van der Waals surface area contributed by atoms with Crippen molar-refractivity contribution in [1.29, 1.82) is 0 Å². The number of hydrogen-bond acceptors (Lipinski definition) is 6. The van der Waals surface area contributed by atoms with Gasteiger partial charge in [-0.2, -0.15) is 16.1 Å². The molecule has 0 aromatic carbocycles. The first kappa shape index (κ1) is 16.1. The number of esters is 1. The van der Waals surface area contributed by atoms with Crippen molar-refractivity contribution < 1.29 is 17.9 Å². The number of pyridine rings is 1. The Morgan fingerprint density at radius 2 is 2.29 bits per heavy atom. The third-order valence-corrected chi connectivity index (χ3v) is 5.93. The third kappa shape index (κ3) is 3.47. The zero-order chi connectivity index (χ0) is 15.5. The first-order chi connectivity index (χ1) is 9.96. The van der Waals surface area contributed by atoms with E-state index in [4.69, 9.17) is 4.74 Å². The van der Waals surface area contributed by atoms with Crippen LogP contribution in [0.4, 0.5) is 0 Å². The van der Waals surface area contributed by atoms with Crippen LogP contribution in [0.3, 0.4) is 0 Å². The molecule has 1 aromatic heterocycles. The molecule has 0 bridgehead atoms. The first-order valence-corrected chi connectivity index (χ1v) is 9.01. The van der Waals surface area contributed by atoms with Crippen molar-refractivity contribution in [2.24, 2.45) is 0 Å². The molecule has 1 aliphatic heterocycles. The quantitative estimate of drug-likeness (QED) is 0.782. The van der Waals surface area contributed by atoms with Gasteiger partial charge in [-0.3, -0.25) is 9.59 Å². The Morgan fingerprint density at radius 1 is 1.52 bits per heavy atom. The number of carbonyl (C=O) groups excluding carboxylic acids is 1.